The van der Waals surface area contributed by atoms with Crippen LogP contribution in [-0.4, -0.2) is 28.8 Å². The molecular formula is C24H20N4O4S. The molecule has 3 aromatic rings. The van der Waals surface area contributed by atoms with Gasteiger partial charge in [-0.3, -0.25) is 10.1 Å². The Bertz CT molecular complexity index is 1250. The highest BCUT2D eigenvalue weighted by Crippen LogP contribution is 2.46. The molecule has 0 bridgehead atoms. The molecule has 0 fully saturated rings. The molecule has 0 saturated heterocycles. The summed E-state index contributed by atoms with van der Waals surface area (Å²) in [6.07, 6.45) is 0. The summed E-state index contributed by atoms with van der Waals surface area (Å²) >= 11 is 1.45. The van der Waals surface area contributed by atoms with Gasteiger partial charge in [0.25, 0.3) is 11.2 Å². The first-order chi connectivity index (χ1) is 15.9. The van der Waals surface area contributed by atoms with Crippen LogP contribution in [0.4, 0.5) is 11.4 Å². The average molecular weight is 461 g/mol. The second-order valence-electron chi connectivity index (χ2n) is 7.49. The van der Waals surface area contributed by atoms with Gasteiger partial charge in [0.2, 0.25) is 0 Å². The van der Waals surface area contributed by atoms with E-state index < -0.39 is 22.3 Å². The van der Waals surface area contributed by atoms with Crippen molar-refractivity contribution in [2.45, 2.75) is 25.3 Å². The molecule has 0 unspecified atom stereocenters. The maximum absolute atomic E-state index is 13.5. The summed E-state index contributed by atoms with van der Waals surface area (Å²) in [6, 6.07) is 19.2. The van der Waals surface area contributed by atoms with E-state index in [4.69, 9.17) is 9.84 Å². The van der Waals surface area contributed by atoms with Crippen LogP contribution in [0.2, 0.25) is 0 Å². The van der Waals surface area contributed by atoms with E-state index in [-0.39, 0.29) is 12.3 Å². The molecule has 0 saturated carbocycles. The number of aryl methyl sites for hydroxylation is 1. The zero-order valence-electron chi connectivity index (χ0n) is 18.0. The lowest BCUT2D eigenvalue weighted by Crippen LogP contribution is -2.54. The summed E-state index contributed by atoms with van der Waals surface area (Å²) in [5, 5.41) is 29.6. The Labute approximate surface area is 194 Å². The smallest absolute Gasteiger partial charge is 0.350 e. The molecule has 1 aliphatic heterocycles. The zero-order valence-corrected chi connectivity index (χ0v) is 18.8. The number of nitro benzene ring substituents is 1. The highest BCUT2D eigenvalue weighted by atomic mass is 32.1. The summed E-state index contributed by atoms with van der Waals surface area (Å²) in [4.78, 5) is 24.9. The Balaban J connectivity index is 1.96. The van der Waals surface area contributed by atoms with E-state index in [1.54, 1.807) is 6.92 Å². The van der Waals surface area contributed by atoms with Crippen molar-refractivity contribution < 1.29 is 14.5 Å². The SMILES string of the molecule is CCOC(=O)[C@]1(C#N)[C@@H](c2ccc(C)cc2)C(c2cccs2)=NN1c1ccc([N+](=O)[O-])cc1. The molecule has 9 heteroatoms. The van der Waals surface area contributed by atoms with Crippen molar-refractivity contribution in [1.82, 2.24) is 0 Å². The number of benzene rings is 2. The number of thiophene rings is 1. The predicted octanol–water partition coefficient (Wildman–Crippen LogP) is 4.80. The highest BCUT2D eigenvalue weighted by Gasteiger charge is 2.60. The highest BCUT2D eigenvalue weighted by molar-refractivity contribution is 7.12. The summed E-state index contributed by atoms with van der Waals surface area (Å²) in [6.45, 7) is 3.72. The van der Waals surface area contributed by atoms with E-state index in [1.165, 1.54) is 40.6 Å². The maximum atomic E-state index is 13.5. The molecule has 0 aliphatic carbocycles. The molecule has 2 aromatic carbocycles. The molecule has 2 atom stereocenters. The number of nitro groups is 1. The van der Waals surface area contributed by atoms with Gasteiger partial charge in [-0.05, 0) is 43.0 Å². The molecule has 0 radical (unpaired) electrons. The summed E-state index contributed by atoms with van der Waals surface area (Å²) in [5.41, 5.74) is 0.777. The van der Waals surface area contributed by atoms with Crippen LogP contribution in [0, 0.1) is 28.4 Å². The van der Waals surface area contributed by atoms with Gasteiger partial charge in [-0.15, -0.1) is 11.3 Å². The van der Waals surface area contributed by atoms with E-state index in [0.717, 1.165) is 16.0 Å². The first-order valence-electron chi connectivity index (χ1n) is 10.2. The van der Waals surface area contributed by atoms with Gasteiger partial charge in [-0.25, -0.2) is 9.80 Å². The van der Waals surface area contributed by atoms with Gasteiger partial charge in [0, 0.05) is 12.1 Å². The number of ether oxygens (including phenoxy) is 1. The molecule has 0 N–H and O–H groups in total. The van der Waals surface area contributed by atoms with Gasteiger partial charge in [0.05, 0.1) is 33.7 Å². The Morgan fingerprint density at radius 2 is 1.94 bits per heavy atom. The predicted molar refractivity (Wildman–Crippen MR) is 125 cm³/mol. The van der Waals surface area contributed by atoms with Crippen molar-refractivity contribution >= 4 is 34.4 Å². The second-order valence-corrected chi connectivity index (χ2v) is 8.44. The van der Waals surface area contributed by atoms with Crippen molar-refractivity contribution in [3.05, 3.63) is 92.2 Å². The minimum atomic E-state index is -1.83. The standard InChI is InChI=1S/C24H20N4O4S/c1-3-32-23(29)24(15-25)21(17-8-6-16(2)7-9-17)22(20-5-4-14-33-20)26-27(24)18-10-12-19(13-11-18)28(30)31/h4-14,21H,3H2,1-2H3/t21-,24-/m0/s1. The number of hydrogen-bond acceptors (Lipinski definition) is 8. The third-order valence-corrected chi connectivity index (χ3v) is 6.37. The Morgan fingerprint density at radius 3 is 2.48 bits per heavy atom. The number of carbonyl (C=O) groups is 1. The van der Waals surface area contributed by atoms with Crippen molar-refractivity contribution in [1.29, 1.82) is 5.26 Å². The number of anilines is 1. The lowest BCUT2D eigenvalue weighted by Gasteiger charge is -2.34. The largest absolute Gasteiger partial charge is 0.463 e. The van der Waals surface area contributed by atoms with Gasteiger partial charge in [0.1, 0.15) is 6.07 Å². The number of nitriles is 1. The first-order valence-corrected chi connectivity index (χ1v) is 11.1. The first kappa shape index (κ1) is 22.2. The third-order valence-electron chi connectivity index (χ3n) is 5.48. The number of hydrogen-bond donors (Lipinski definition) is 0. The lowest BCUT2D eigenvalue weighted by molar-refractivity contribution is -0.384. The van der Waals surface area contributed by atoms with Gasteiger partial charge < -0.3 is 4.74 Å². The number of carbonyl (C=O) groups excluding carboxylic acids is 1. The van der Waals surface area contributed by atoms with Crippen LogP contribution in [-0.2, 0) is 9.53 Å². The van der Waals surface area contributed by atoms with E-state index in [9.17, 15) is 20.2 Å². The fraction of sp³-hybridized carbons (Fsp3) is 0.208. The fourth-order valence-corrected chi connectivity index (χ4v) is 4.66. The molecule has 4 rings (SSSR count). The van der Waals surface area contributed by atoms with Crippen LogP contribution in [0.1, 0.15) is 28.8 Å². The Kier molecular flexibility index (Phi) is 5.94. The van der Waals surface area contributed by atoms with Gasteiger partial charge in [-0.1, -0.05) is 35.9 Å². The van der Waals surface area contributed by atoms with E-state index in [1.807, 2.05) is 48.7 Å². The molecule has 33 heavy (non-hydrogen) atoms. The molecule has 0 amide bonds. The average Bonchev–Trinajstić information content (AvgIpc) is 3.46. The third kappa shape index (κ3) is 3.75. The van der Waals surface area contributed by atoms with Crippen molar-refractivity contribution in [3.63, 3.8) is 0 Å². The normalized spacial score (nSPS) is 19.6. The van der Waals surface area contributed by atoms with E-state index in [2.05, 4.69) is 6.07 Å². The van der Waals surface area contributed by atoms with Gasteiger partial charge >= 0.3 is 5.97 Å². The second kappa shape index (κ2) is 8.84. The van der Waals surface area contributed by atoms with Gasteiger partial charge in [-0.2, -0.15) is 10.4 Å². The molecule has 166 valence electrons. The molecule has 1 aliphatic rings. The number of nitrogens with zero attached hydrogens (tertiary/aromatic N) is 4. The number of non-ortho nitro benzene ring substituents is 1. The number of rotatable bonds is 6. The van der Waals surface area contributed by atoms with Gasteiger partial charge in [0.15, 0.2) is 0 Å². The van der Waals surface area contributed by atoms with Crippen molar-refractivity contribution in [3.8, 4) is 6.07 Å². The monoisotopic (exact) mass is 460 g/mol. The summed E-state index contributed by atoms with van der Waals surface area (Å²) in [5.74, 6) is -1.47. The van der Waals surface area contributed by atoms with E-state index in [0.29, 0.717) is 11.4 Å². The number of hydrazone groups is 1. The molecule has 1 aromatic heterocycles. The van der Waals surface area contributed by atoms with Crippen LogP contribution in [0.25, 0.3) is 0 Å². The zero-order chi connectivity index (χ0) is 23.6. The summed E-state index contributed by atoms with van der Waals surface area (Å²) < 4.78 is 5.39. The fourth-order valence-electron chi connectivity index (χ4n) is 3.92. The van der Waals surface area contributed by atoms with Crippen LogP contribution < -0.4 is 5.01 Å². The van der Waals surface area contributed by atoms with E-state index >= 15 is 0 Å². The molecular weight excluding hydrogens is 440 g/mol. The number of esters is 1. The van der Waals surface area contributed by atoms with Crippen molar-refractivity contribution in [2.24, 2.45) is 5.10 Å². The minimum absolute atomic E-state index is 0.0886. The molecule has 0 spiro atoms. The Morgan fingerprint density at radius 1 is 1.24 bits per heavy atom. The minimum Gasteiger partial charge on any atom is -0.463 e. The lowest BCUT2D eigenvalue weighted by atomic mass is 9.77. The quantitative estimate of drug-likeness (QED) is 0.297. The topological polar surface area (TPSA) is 109 Å². The molecule has 8 nitrogen and oxygen atoms in total. The van der Waals surface area contributed by atoms with Crippen LogP contribution in [0.3, 0.4) is 0 Å². The Hall–Kier alpha value is -4.03. The van der Waals surface area contributed by atoms with Crippen LogP contribution in [0.15, 0.2) is 71.1 Å². The van der Waals surface area contributed by atoms with Crippen LogP contribution in [0.5, 0.6) is 0 Å². The summed E-state index contributed by atoms with van der Waals surface area (Å²) in [7, 11) is 0. The van der Waals surface area contributed by atoms with Crippen LogP contribution >= 0.6 is 11.3 Å². The maximum Gasteiger partial charge on any atom is 0.350 e. The molecule has 2 heterocycles. The van der Waals surface area contributed by atoms with Crippen molar-refractivity contribution in [2.75, 3.05) is 11.6 Å².